The number of ketones is 1. The van der Waals surface area contributed by atoms with E-state index in [1.165, 1.54) is 26.0 Å². The maximum Gasteiger partial charge on any atom is 0.338 e. The minimum absolute atomic E-state index is 0.0281. The molecular weight excluding hydrogens is 632 g/mol. The van der Waals surface area contributed by atoms with Crippen LogP contribution in [0.2, 0.25) is 0 Å². The van der Waals surface area contributed by atoms with Crippen LogP contribution in [0.25, 0.3) is 0 Å². The van der Waals surface area contributed by atoms with Gasteiger partial charge in [-0.25, -0.2) is 4.79 Å². The van der Waals surface area contributed by atoms with E-state index in [4.69, 9.17) is 18.9 Å². The fourth-order valence-electron chi connectivity index (χ4n) is 8.88. The van der Waals surface area contributed by atoms with Crippen LogP contribution >= 0.6 is 0 Å². The molecule has 2 aromatic carbocycles. The Morgan fingerprint density at radius 2 is 1.59 bits per heavy atom. The lowest BCUT2D eigenvalue weighted by atomic mass is 9.44. The van der Waals surface area contributed by atoms with Crippen molar-refractivity contribution in [1.82, 2.24) is 0 Å². The van der Waals surface area contributed by atoms with E-state index in [2.05, 4.69) is 0 Å². The van der Waals surface area contributed by atoms with Gasteiger partial charge in [-0.05, 0) is 49.1 Å². The Kier molecular flexibility index (Phi) is 8.88. The maximum absolute atomic E-state index is 14.7. The summed E-state index contributed by atoms with van der Waals surface area (Å²) in [6.07, 6.45) is -6.91. The molecule has 1 heterocycles. The van der Waals surface area contributed by atoms with Crippen LogP contribution in [0.15, 0.2) is 71.8 Å². The van der Waals surface area contributed by atoms with E-state index >= 15 is 0 Å². The molecule has 262 valence electrons. The van der Waals surface area contributed by atoms with Crippen molar-refractivity contribution in [2.45, 2.75) is 102 Å². The molecule has 9 atom stereocenters. The molecule has 0 spiro atoms. The lowest BCUT2D eigenvalue weighted by Gasteiger charge is -2.67. The Morgan fingerprint density at radius 3 is 2.18 bits per heavy atom. The Balaban J connectivity index is 1.51. The molecule has 0 radical (unpaired) electrons. The summed E-state index contributed by atoms with van der Waals surface area (Å²) in [5.41, 5.74) is -5.55. The summed E-state index contributed by atoms with van der Waals surface area (Å²) in [4.78, 5) is 54.7. The Bertz CT molecular complexity index is 1670. The van der Waals surface area contributed by atoms with Crippen molar-refractivity contribution in [3.05, 3.63) is 82.9 Å². The lowest BCUT2D eigenvalue weighted by molar-refractivity contribution is -0.345. The molecule has 2 bridgehead atoms. The highest BCUT2D eigenvalue weighted by atomic mass is 16.6. The number of ether oxygens (including phenoxy) is 4. The molecule has 6 rings (SSSR count). The third-order valence-electron chi connectivity index (χ3n) is 11.7. The highest BCUT2D eigenvalue weighted by molar-refractivity contribution is 5.94. The van der Waals surface area contributed by atoms with Gasteiger partial charge in [-0.3, -0.25) is 14.4 Å². The zero-order valence-corrected chi connectivity index (χ0v) is 28.4. The minimum atomic E-state index is -2.14. The van der Waals surface area contributed by atoms with Crippen molar-refractivity contribution < 1.29 is 53.4 Å². The average Bonchev–Trinajstić information content (AvgIpc) is 3.06. The first-order valence-electron chi connectivity index (χ1n) is 16.7. The normalized spacial score (nSPS) is 36.2. The van der Waals surface area contributed by atoms with Gasteiger partial charge < -0.3 is 34.3 Å². The molecule has 2 aromatic rings. The molecule has 4 aliphatic rings. The SMILES string of the molecule is CC(=O)O[C@@]12CO[C@@H]1C[C@H](O)[C@@]1(C)C(=O)[C@H](O)C3=C(C)C(OC(=O)CCc4ccccc4)C[C@@](O)([C@@H](OC(=O)c4ccccc4)C12)C3(C)C. The fourth-order valence-corrected chi connectivity index (χ4v) is 8.88. The molecule has 3 aliphatic carbocycles. The molecule has 49 heavy (non-hydrogen) atoms. The van der Waals surface area contributed by atoms with E-state index in [1.54, 1.807) is 39.0 Å². The topological polar surface area (TPSA) is 166 Å². The second-order valence-corrected chi connectivity index (χ2v) is 14.6. The lowest BCUT2D eigenvalue weighted by Crippen LogP contribution is -2.81. The number of carbonyl (C=O) groups excluding carboxylic acids is 4. The number of hydrogen-bond donors (Lipinski definition) is 3. The van der Waals surface area contributed by atoms with Crippen molar-refractivity contribution >= 4 is 23.7 Å². The van der Waals surface area contributed by atoms with Crippen LogP contribution in [0.5, 0.6) is 0 Å². The van der Waals surface area contributed by atoms with E-state index in [0.29, 0.717) is 12.0 Å². The molecule has 3 N–H and O–H groups in total. The molecule has 2 saturated carbocycles. The van der Waals surface area contributed by atoms with Gasteiger partial charge in [0.15, 0.2) is 11.4 Å². The zero-order chi connectivity index (χ0) is 35.5. The van der Waals surface area contributed by atoms with Gasteiger partial charge in [-0.15, -0.1) is 0 Å². The summed E-state index contributed by atoms with van der Waals surface area (Å²) < 4.78 is 24.1. The number of fused-ring (bicyclic) bond motifs is 5. The van der Waals surface area contributed by atoms with Crippen LogP contribution in [0.1, 0.15) is 69.8 Å². The number of Topliss-reactive ketones (excluding diaryl/α,β-unsaturated/α-hetero) is 1. The summed E-state index contributed by atoms with van der Waals surface area (Å²) in [6.45, 7) is 7.35. The molecule has 0 aromatic heterocycles. The number of rotatable bonds is 7. The summed E-state index contributed by atoms with van der Waals surface area (Å²) >= 11 is 0. The van der Waals surface area contributed by atoms with Crippen molar-refractivity contribution in [3.63, 3.8) is 0 Å². The Hall–Kier alpha value is -3.90. The second kappa shape index (κ2) is 12.5. The average molecular weight is 677 g/mol. The summed E-state index contributed by atoms with van der Waals surface area (Å²) in [6, 6.07) is 17.5. The summed E-state index contributed by atoms with van der Waals surface area (Å²) in [5.74, 6) is -4.29. The third kappa shape index (κ3) is 5.42. The van der Waals surface area contributed by atoms with E-state index in [9.17, 15) is 34.5 Å². The van der Waals surface area contributed by atoms with Crippen molar-refractivity contribution in [1.29, 1.82) is 0 Å². The van der Waals surface area contributed by atoms with Crippen LogP contribution < -0.4 is 0 Å². The van der Waals surface area contributed by atoms with E-state index in [0.717, 1.165) is 5.56 Å². The van der Waals surface area contributed by atoms with Crippen LogP contribution in [-0.2, 0) is 39.8 Å². The first-order chi connectivity index (χ1) is 23.1. The highest BCUT2D eigenvalue weighted by Crippen LogP contribution is 2.64. The van der Waals surface area contributed by atoms with Crippen LogP contribution in [0.4, 0.5) is 0 Å². The van der Waals surface area contributed by atoms with Gasteiger partial charge in [0, 0.05) is 31.6 Å². The monoisotopic (exact) mass is 676 g/mol. The van der Waals surface area contributed by atoms with Crippen molar-refractivity contribution in [2.75, 3.05) is 6.61 Å². The Labute approximate surface area is 285 Å². The van der Waals surface area contributed by atoms with Crippen molar-refractivity contribution in [2.24, 2.45) is 16.7 Å². The molecule has 1 aliphatic heterocycles. The van der Waals surface area contributed by atoms with Gasteiger partial charge >= 0.3 is 17.9 Å². The molecule has 11 heteroatoms. The highest BCUT2D eigenvalue weighted by Gasteiger charge is 2.78. The predicted octanol–water partition coefficient (Wildman–Crippen LogP) is 3.27. The molecule has 1 saturated heterocycles. The van der Waals surface area contributed by atoms with E-state index in [-0.39, 0.29) is 37.0 Å². The molecule has 3 fully saturated rings. The third-order valence-corrected chi connectivity index (χ3v) is 11.7. The second-order valence-electron chi connectivity index (χ2n) is 14.6. The summed E-state index contributed by atoms with van der Waals surface area (Å²) in [5, 5.41) is 37.0. The molecule has 2 unspecified atom stereocenters. The van der Waals surface area contributed by atoms with Gasteiger partial charge in [0.2, 0.25) is 0 Å². The van der Waals surface area contributed by atoms with Gasteiger partial charge in [0.25, 0.3) is 0 Å². The first kappa shape index (κ1) is 34.9. The van der Waals surface area contributed by atoms with Gasteiger partial charge in [0.1, 0.15) is 30.0 Å². The Morgan fingerprint density at radius 1 is 0.959 bits per heavy atom. The zero-order valence-electron chi connectivity index (χ0n) is 28.4. The number of aliphatic hydroxyl groups excluding tert-OH is 2. The van der Waals surface area contributed by atoms with Crippen LogP contribution in [-0.4, -0.2) is 87.3 Å². The predicted molar refractivity (Wildman–Crippen MR) is 174 cm³/mol. The summed E-state index contributed by atoms with van der Waals surface area (Å²) in [7, 11) is 0. The van der Waals surface area contributed by atoms with Gasteiger partial charge in [0.05, 0.1) is 29.6 Å². The maximum atomic E-state index is 14.7. The largest absolute Gasteiger partial charge is 0.458 e. The number of esters is 3. The first-order valence-corrected chi connectivity index (χ1v) is 16.7. The van der Waals surface area contributed by atoms with Crippen LogP contribution in [0.3, 0.4) is 0 Å². The number of aryl methyl sites for hydroxylation is 1. The van der Waals surface area contributed by atoms with Crippen molar-refractivity contribution in [3.8, 4) is 0 Å². The van der Waals surface area contributed by atoms with Gasteiger partial charge in [-0.1, -0.05) is 62.4 Å². The molecule has 11 nitrogen and oxygen atoms in total. The number of aliphatic hydroxyl groups is 3. The minimum Gasteiger partial charge on any atom is -0.458 e. The number of benzene rings is 2. The standard InChI is InChI=1S/C38H44O11/c1-21-25(47-28(41)17-16-23-12-8-6-9-13-23)19-38(45)33(48-34(44)24-14-10-7-11-15-24)31-36(5,32(43)30(42)29(21)35(38,3)4)26(40)18-27-37(31,20-46-27)49-22(2)39/h6-15,25-27,30-31,33,40,42,45H,16-20H2,1-5H3/t25?,26-,27+,30+,31?,33-,36+,37-,38+/m0/s1. The quantitative estimate of drug-likeness (QED) is 0.224. The number of hydrogen-bond acceptors (Lipinski definition) is 11. The van der Waals surface area contributed by atoms with E-state index < -0.39 is 82.2 Å². The fraction of sp³-hybridized carbons (Fsp3) is 0.526. The van der Waals surface area contributed by atoms with Crippen LogP contribution in [0, 0.1) is 16.7 Å². The van der Waals surface area contributed by atoms with Gasteiger partial charge in [-0.2, -0.15) is 0 Å². The molecule has 0 amide bonds. The van der Waals surface area contributed by atoms with E-state index in [1.807, 2.05) is 30.3 Å². The number of carbonyl (C=O) groups is 4. The smallest absolute Gasteiger partial charge is 0.338 e. The molecular formula is C38H44O11.